The summed E-state index contributed by atoms with van der Waals surface area (Å²) in [6.45, 7) is 30.9. The van der Waals surface area contributed by atoms with Crippen LogP contribution in [-0.4, -0.2) is 56.6 Å². The van der Waals surface area contributed by atoms with Crippen molar-refractivity contribution in [3.63, 3.8) is 0 Å². The Morgan fingerprint density at radius 3 is 1.85 bits per heavy atom. The average molecular weight is 586 g/mol. The van der Waals surface area contributed by atoms with Crippen LogP contribution in [0.1, 0.15) is 116 Å². The van der Waals surface area contributed by atoms with Gasteiger partial charge in [0.05, 0.1) is 12.1 Å². The number of ether oxygens (including phenoxy) is 1. The number of alkyl carbamates (subject to hydrolysis) is 1. The summed E-state index contributed by atoms with van der Waals surface area (Å²) in [4.78, 5) is 39.5. The second kappa shape index (κ2) is 15.6. The first kappa shape index (κ1) is 38.4. The van der Waals surface area contributed by atoms with E-state index >= 15 is 0 Å². The smallest absolute Gasteiger partial charge is 0.407 e. The van der Waals surface area contributed by atoms with Crippen LogP contribution in [0.3, 0.4) is 0 Å². The van der Waals surface area contributed by atoms with Gasteiger partial charge in [-0.05, 0) is 70.0 Å². The highest BCUT2D eigenvalue weighted by Gasteiger charge is 2.44. The molecule has 0 fully saturated rings. The molecule has 236 valence electrons. The van der Waals surface area contributed by atoms with Crippen LogP contribution < -0.4 is 16.0 Å². The lowest BCUT2D eigenvalue weighted by molar-refractivity contribution is -0.136. The van der Waals surface area contributed by atoms with Gasteiger partial charge in [-0.2, -0.15) is 0 Å². The Bertz CT molecular complexity index is 813. The van der Waals surface area contributed by atoms with Crippen LogP contribution in [0, 0.1) is 17.3 Å². The maximum absolute atomic E-state index is 13.7. The van der Waals surface area contributed by atoms with Gasteiger partial charge in [0.1, 0.15) is 11.6 Å². The molecule has 3 atom stereocenters. The van der Waals surface area contributed by atoms with Crippen molar-refractivity contribution in [2.24, 2.45) is 17.3 Å². The van der Waals surface area contributed by atoms with Crippen molar-refractivity contribution in [3.05, 3.63) is 0 Å². The fourth-order valence-corrected chi connectivity index (χ4v) is 5.42. The maximum Gasteiger partial charge on any atom is 0.407 e. The van der Waals surface area contributed by atoms with Crippen molar-refractivity contribution in [1.82, 2.24) is 16.0 Å². The molecular weight excluding hydrogens is 522 g/mol. The lowest BCUT2D eigenvalue weighted by Crippen LogP contribution is -2.56. The van der Waals surface area contributed by atoms with Crippen molar-refractivity contribution in [2.45, 2.75) is 158 Å². The Balaban J connectivity index is 6.23. The quantitative estimate of drug-likeness (QED) is 0.145. The lowest BCUT2D eigenvalue weighted by atomic mass is 9.82. The van der Waals surface area contributed by atoms with Crippen LogP contribution in [0.5, 0.6) is 0 Å². The molecule has 0 aromatic heterocycles. The largest absolute Gasteiger partial charge is 0.444 e. The number of hydrogen-bond donors (Lipinski definition) is 3. The van der Waals surface area contributed by atoms with E-state index in [0.29, 0.717) is 19.4 Å². The highest BCUT2D eigenvalue weighted by atomic mass is 28.4. The van der Waals surface area contributed by atoms with Gasteiger partial charge in [-0.25, -0.2) is 4.79 Å². The van der Waals surface area contributed by atoms with Gasteiger partial charge in [0.2, 0.25) is 11.8 Å². The molecule has 0 aromatic rings. The zero-order valence-corrected chi connectivity index (χ0v) is 29.5. The molecule has 8 nitrogen and oxygen atoms in total. The van der Waals surface area contributed by atoms with E-state index in [-0.39, 0.29) is 34.7 Å². The SMILES string of the molecule is CCCCNC(=O)[C@@H](NC(=O)C(C)(C)C[C@H](O[Si](C)(C)C(C)(C)C)[C@H](CC(C)C)NC(=O)OC(C)(C)C)C(C)C. The van der Waals surface area contributed by atoms with Crippen molar-refractivity contribution < 1.29 is 23.5 Å². The molecule has 0 aliphatic carbocycles. The molecule has 9 heteroatoms. The fraction of sp³-hybridized carbons (Fsp3) is 0.903. The van der Waals surface area contributed by atoms with Gasteiger partial charge in [0.25, 0.3) is 0 Å². The van der Waals surface area contributed by atoms with E-state index in [9.17, 15) is 14.4 Å². The molecule has 0 aliphatic rings. The third-order valence-electron chi connectivity index (χ3n) is 7.52. The van der Waals surface area contributed by atoms with E-state index in [1.807, 2.05) is 48.5 Å². The first-order valence-electron chi connectivity index (χ1n) is 15.2. The zero-order valence-electron chi connectivity index (χ0n) is 28.5. The van der Waals surface area contributed by atoms with Crippen LogP contribution in [0.15, 0.2) is 0 Å². The Hall–Kier alpha value is -1.61. The van der Waals surface area contributed by atoms with Crippen LogP contribution in [-0.2, 0) is 18.8 Å². The summed E-state index contributed by atoms with van der Waals surface area (Å²) in [5.74, 6) is -0.158. The minimum absolute atomic E-state index is 0.0642. The first-order valence-corrected chi connectivity index (χ1v) is 18.1. The van der Waals surface area contributed by atoms with Gasteiger partial charge in [-0.3, -0.25) is 9.59 Å². The molecule has 3 N–H and O–H groups in total. The molecule has 0 aliphatic heterocycles. The van der Waals surface area contributed by atoms with Gasteiger partial charge in [-0.15, -0.1) is 0 Å². The number of carbonyl (C=O) groups is 3. The van der Waals surface area contributed by atoms with E-state index in [0.717, 1.165) is 12.8 Å². The molecule has 0 spiro atoms. The van der Waals surface area contributed by atoms with Crippen molar-refractivity contribution in [3.8, 4) is 0 Å². The van der Waals surface area contributed by atoms with Gasteiger partial charge in [0.15, 0.2) is 8.32 Å². The molecule has 0 radical (unpaired) electrons. The molecule has 40 heavy (non-hydrogen) atoms. The molecule has 0 heterocycles. The molecule has 0 aromatic carbocycles. The highest BCUT2D eigenvalue weighted by molar-refractivity contribution is 6.74. The van der Waals surface area contributed by atoms with Crippen LogP contribution in [0.25, 0.3) is 0 Å². The van der Waals surface area contributed by atoms with Gasteiger partial charge in [-0.1, -0.05) is 75.7 Å². The summed E-state index contributed by atoms with van der Waals surface area (Å²) in [6.07, 6.45) is 2.01. The number of unbranched alkanes of at least 4 members (excludes halogenated alkanes) is 1. The summed E-state index contributed by atoms with van der Waals surface area (Å²) in [5.41, 5.74) is -1.50. The van der Waals surface area contributed by atoms with E-state index in [1.165, 1.54) is 0 Å². The Labute approximate surface area is 247 Å². The number of hydrogen-bond acceptors (Lipinski definition) is 5. The minimum atomic E-state index is -2.29. The molecule has 0 saturated heterocycles. The number of rotatable bonds is 15. The fourth-order valence-electron chi connectivity index (χ4n) is 4.06. The Morgan fingerprint density at radius 1 is 0.875 bits per heavy atom. The summed E-state index contributed by atoms with van der Waals surface area (Å²) >= 11 is 0. The minimum Gasteiger partial charge on any atom is -0.444 e. The Kier molecular flexibility index (Phi) is 14.9. The standard InChI is InChI=1S/C31H63N3O5Si/c1-16-17-18-32-26(35)25(22(4)5)34-27(36)31(12,13)20-24(39-40(14,15)30(9,10)11)23(19-21(2)3)33-28(37)38-29(6,7)8/h21-25H,16-20H2,1-15H3,(H,32,35)(H,33,37)(H,34,36)/t23-,24-,25-/m0/s1. The number of nitrogens with one attached hydrogen (secondary N) is 3. The molecular formula is C31H63N3O5Si. The topological polar surface area (TPSA) is 106 Å². The zero-order chi connectivity index (χ0) is 31.7. The predicted molar refractivity (Wildman–Crippen MR) is 168 cm³/mol. The summed E-state index contributed by atoms with van der Waals surface area (Å²) in [5, 5.41) is 9.00. The normalized spacial score (nSPS) is 15.4. The third-order valence-corrected chi connectivity index (χ3v) is 12.0. The van der Waals surface area contributed by atoms with Crippen LogP contribution >= 0.6 is 0 Å². The van der Waals surface area contributed by atoms with Crippen molar-refractivity contribution in [2.75, 3.05) is 6.54 Å². The average Bonchev–Trinajstić information content (AvgIpc) is 2.73. The third kappa shape index (κ3) is 13.8. The Morgan fingerprint density at radius 2 is 1.43 bits per heavy atom. The van der Waals surface area contributed by atoms with Gasteiger partial charge < -0.3 is 25.1 Å². The predicted octanol–water partition coefficient (Wildman–Crippen LogP) is 6.79. The number of amides is 3. The maximum atomic E-state index is 13.7. The second-order valence-electron chi connectivity index (χ2n) is 15.2. The molecule has 0 bridgehead atoms. The highest BCUT2D eigenvalue weighted by Crippen LogP contribution is 2.40. The van der Waals surface area contributed by atoms with E-state index in [1.54, 1.807) is 0 Å². The summed E-state index contributed by atoms with van der Waals surface area (Å²) in [7, 11) is -2.29. The number of carbonyl (C=O) groups excluding carboxylic acids is 3. The van der Waals surface area contributed by atoms with Gasteiger partial charge >= 0.3 is 6.09 Å². The lowest BCUT2D eigenvalue weighted by Gasteiger charge is -2.44. The van der Waals surface area contributed by atoms with E-state index in [2.05, 4.69) is 70.6 Å². The molecule has 0 saturated carbocycles. The monoisotopic (exact) mass is 585 g/mol. The summed E-state index contributed by atoms with van der Waals surface area (Å²) < 4.78 is 12.6. The molecule has 3 amide bonds. The van der Waals surface area contributed by atoms with Crippen molar-refractivity contribution >= 4 is 26.2 Å². The van der Waals surface area contributed by atoms with Crippen molar-refractivity contribution in [1.29, 1.82) is 0 Å². The second-order valence-corrected chi connectivity index (χ2v) is 20.0. The van der Waals surface area contributed by atoms with Gasteiger partial charge in [0, 0.05) is 12.0 Å². The molecule has 0 unspecified atom stereocenters. The summed E-state index contributed by atoms with van der Waals surface area (Å²) in [6, 6.07) is -0.982. The van der Waals surface area contributed by atoms with Crippen LogP contribution in [0.4, 0.5) is 4.79 Å². The molecule has 0 rings (SSSR count). The van der Waals surface area contributed by atoms with E-state index in [4.69, 9.17) is 9.16 Å². The van der Waals surface area contributed by atoms with Crippen LogP contribution in [0.2, 0.25) is 18.1 Å². The first-order chi connectivity index (χ1) is 17.9. The van der Waals surface area contributed by atoms with E-state index < -0.39 is 37.6 Å².